The van der Waals surface area contributed by atoms with Crippen LogP contribution in [0.4, 0.5) is 0 Å². The van der Waals surface area contributed by atoms with Crippen molar-refractivity contribution in [2.75, 3.05) is 19.6 Å². The number of hydrogen-bond donors (Lipinski definition) is 0. The first-order valence-corrected chi connectivity index (χ1v) is 9.53. The molecule has 0 aromatic heterocycles. The summed E-state index contributed by atoms with van der Waals surface area (Å²) >= 11 is 6.57. The number of amides is 2. The fourth-order valence-corrected chi connectivity index (χ4v) is 4.20. The lowest BCUT2D eigenvalue weighted by Crippen LogP contribution is -2.40. The van der Waals surface area contributed by atoms with E-state index in [0.717, 1.165) is 37.1 Å². The molecular weight excluding hydrogens is 352 g/mol. The third-order valence-corrected chi connectivity index (χ3v) is 5.56. The van der Waals surface area contributed by atoms with E-state index in [2.05, 4.69) is 0 Å². The van der Waals surface area contributed by atoms with Crippen LogP contribution in [0.15, 0.2) is 46.9 Å². The molecule has 1 aromatic rings. The van der Waals surface area contributed by atoms with Crippen LogP contribution in [-0.4, -0.2) is 45.6 Å². The maximum Gasteiger partial charge on any atom is 0.266 e. The molecule has 6 heteroatoms. The molecule has 0 radical (unpaired) electrons. The summed E-state index contributed by atoms with van der Waals surface area (Å²) < 4.78 is 0.455. The van der Waals surface area contributed by atoms with Gasteiger partial charge in [0, 0.05) is 13.1 Å². The summed E-state index contributed by atoms with van der Waals surface area (Å²) in [6.07, 6.45) is 5.93. The summed E-state index contributed by atoms with van der Waals surface area (Å²) in [5.41, 5.74) is 2.05. The molecule has 0 spiro atoms. The summed E-state index contributed by atoms with van der Waals surface area (Å²) in [6, 6.07) is 9.94. The van der Waals surface area contributed by atoms with Gasteiger partial charge in [-0.3, -0.25) is 14.5 Å². The first-order valence-electron chi connectivity index (χ1n) is 8.31. The molecule has 2 amide bonds. The zero-order valence-electron chi connectivity index (χ0n) is 14.1. The Labute approximate surface area is 157 Å². The predicted octanol–water partition coefficient (Wildman–Crippen LogP) is 3.46. The molecule has 0 atom stereocenters. The minimum absolute atomic E-state index is 0.0217. The molecule has 0 bridgehead atoms. The third kappa shape index (κ3) is 4.38. The Bertz CT molecular complexity index is 750. The van der Waals surface area contributed by atoms with E-state index in [4.69, 9.17) is 12.2 Å². The van der Waals surface area contributed by atoms with Gasteiger partial charge in [0.05, 0.1) is 4.91 Å². The lowest BCUT2D eigenvalue weighted by atomic mass is 10.1. The van der Waals surface area contributed by atoms with E-state index in [1.165, 1.54) is 16.7 Å². The van der Waals surface area contributed by atoms with Crippen LogP contribution in [-0.2, 0) is 9.59 Å². The number of benzene rings is 1. The van der Waals surface area contributed by atoms with E-state index in [-0.39, 0.29) is 18.4 Å². The van der Waals surface area contributed by atoms with E-state index in [9.17, 15) is 9.59 Å². The smallest absolute Gasteiger partial charge is 0.266 e. The largest absolute Gasteiger partial charge is 0.341 e. The molecule has 0 aliphatic carbocycles. The number of thioether (sulfide) groups is 1. The minimum Gasteiger partial charge on any atom is -0.341 e. The van der Waals surface area contributed by atoms with Crippen LogP contribution in [0.1, 0.15) is 25.3 Å². The number of nitrogens with zero attached hydrogens (tertiary/aromatic N) is 2. The molecule has 0 N–H and O–H groups in total. The summed E-state index contributed by atoms with van der Waals surface area (Å²) in [5.74, 6) is -0.199. The number of hydrogen-bond acceptors (Lipinski definition) is 4. The van der Waals surface area contributed by atoms with Crippen LogP contribution in [0.25, 0.3) is 6.08 Å². The van der Waals surface area contributed by atoms with Crippen molar-refractivity contribution in [2.45, 2.75) is 19.8 Å². The number of likely N-dealkylation sites (tertiary alicyclic amines) is 1. The molecule has 2 fully saturated rings. The molecule has 4 nitrogen and oxygen atoms in total. The Morgan fingerprint density at radius 2 is 1.92 bits per heavy atom. The Balaban J connectivity index is 1.70. The average Bonchev–Trinajstić information content (AvgIpc) is 3.21. The van der Waals surface area contributed by atoms with Gasteiger partial charge in [-0.25, -0.2) is 0 Å². The fourth-order valence-electron chi connectivity index (χ4n) is 2.90. The molecule has 0 saturated carbocycles. The van der Waals surface area contributed by atoms with Crippen molar-refractivity contribution in [2.24, 2.45) is 0 Å². The second-order valence-corrected chi connectivity index (χ2v) is 7.83. The topological polar surface area (TPSA) is 40.6 Å². The minimum atomic E-state index is -0.177. The van der Waals surface area contributed by atoms with Crippen LogP contribution < -0.4 is 0 Å². The molecule has 2 heterocycles. The van der Waals surface area contributed by atoms with Crippen molar-refractivity contribution in [3.05, 3.63) is 52.4 Å². The Morgan fingerprint density at radius 3 is 2.60 bits per heavy atom. The maximum atomic E-state index is 12.6. The Hall–Kier alpha value is -1.92. The molecular formula is C19H20N2O2S2. The van der Waals surface area contributed by atoms with Gasteiger partial charge in [-0.15, -0.1) is 0 Å². The van der Waals surface area contributed by atoms with Crippen molar-refractivity contribution < 1.29 is 9.59 Å². The Morgan fingerprint density at radius 1 is 1.24 bits per heavy atom. The van der Waals surface area contributed by atoms with E-state index in [0.29, 0.717) is 9.23 Å². The molecule has 25 heavy (non-hydrogen) atoms. The second kappa shape index (κ2) is 7.97. The highest BCUT2D eigenvalue weighted by Gasteiger charge is 2.34. The van der Waals surface area contributed by atoms with Crippen LogP contribution in [0.3, 0.4) is 0 Å². The van der Waals surface area contributed by atoms with Crippen molar-refractivity contribution in [1.82, 2.24) is 9.80 Å². The molecule has 2 saturated heterocycles. The number of carbonyl (C=O) groups excluding carboxylic acids is 2. The van der Waals surface area contributed by atoms with E-state index in [1.54, 1.807) is 0 Å². The fraction of sp³-hybridized carbons (Fsp3) is 0.316. The van der Waals surface area contributed by atoms with E-state index in [1.807, 2.05) is 54.3 Å². The molecule has 130 valence electrons. The predicted molar refractivity (Wildman–Crippen MR) is 106 cm³/mol. The number of carbonyl (C=O) groups is 2. The highest BCUT2D eigenvalue weighted by atomic mass is 32.2. The maximum absolute atomic E-state index is 12.6. The molecule has 2 aliphatic rings. The monoisotopic (exact) mass is 372 g/mol. The first kappa shape index (κ1) is 17.9. The highest BCUT2D eigenvalue weighted by Crippen LogP contribution is 2.32. The standard InChI is InChI=1S/C19H20N2O2S2/c1-14(11-15-7-3-2-4-8-15)12-16-18(23)21(19(24)25-16)13-17(22)20-9-5-6-10-20/h2-4,7-8,11-12H,5-6,9-10,13H2,1H3. The lowest BCUT2D eigenvalue weighted by Gasteiger charge is -2.19. The third-order valence-electron chi connectivity index (χ3n) is 4.18. The van der Waals surface area contributed by atoms with Gasteiger partial charge in [-0.1, -0.05) is 60.4 Å². The number of allylic oxidation sites excluding steroid dienone is 2. The van der Waals surface area contributed by atoms with E-state index < -0.39 is 0 Å². The SMILES string of the molecule is CC(=Cc1ccccc1)C=C1SC(=S)N(CC(=O)N2CCCC2)C1=O. The average molecular weight is 373 g/mol. The summed E-state index contributed by atoms with van der Waals surface area (Å²) in [6.45, 7) is 3.56. The zero-order valence-corrected chi connectivity index (χ0v) is 15.7. The molecule has 3 rings (SSSR count). The van der Waals surface area contributed by atoms with Crippen LogP contribution in [0.5, 0.6) is 0 Å². The van der Waals surface area contributed by atoms with Gasteiger partial charge in [-0.05, 0) is 37.0 Å². The van der Waals surface area contributed by atoms with Gasteiger partial charge in [-0.2, -0.15) is 0 Å². The summed E-state index contributed by atoms with van der Waals surface area (Å²) in [4.78, 5) is 28.7. The van der Waals surface area contributed by atoms with Crippen LogP contribution >= 0.6 is 24.0 Å². The van der Waals surface area contributed by atoms with Crippen molar-refractivity contribution in [1.29, 1.82) is 0 Å². The zero-order chi connectivity index (χ0) is 17.8. The van der Waals surface area contributed by atoms with Crippen LogP contribution in [0.2, 0.25) is 0 Å². The first-order chi connectivity index (χ1) is 12.0. The number of thiocarbonyl (C=S) groups is 1. The van der Waals surface area contributed by atoms with Crippen molar-refractivity contribution >= 4 is 46.2 Å². The van der Waals surface area contributed by atoms with Gasteiger partial charge in [0.2, 0.25) is 5.91 Å². The van der Waals surface area contributed by atoms with E-state index >= 15 is 0 Å². The van der Waals surface area contributed by atoms with Crippen LogP contribution in [0, 0.1) is 0 Å². The van der Waals surface area contributed by atoms with Gasteiger partial charge < -0.3 is 4.90 Å². The quantitative estimate of drug-likeness (QED) is 0.600. The molecule has 1 aromatic carbocycles. The van der Waals surface area contributed by atoms with Gasteiger partial charge in [0.1, 0.15) is 10.9 Å². The normalized spacial score (nSPS) is 20.0. The van der Waals surface area contributed by atoms with Crippen molar-refractivity contribution in [3.8, 4) is 0 Å². The van der Waals surface area contributed by atoms with Crippen molar-refractivity contribution in [3.63, 3.8) is 0 Å². The summed E-state index contributed by atoms with van der Waals surface area (Å²) in [7, 11) is 0. The second-order valence-electron chi connectivity index (χ2n) is 6.15. The Kier molecular flexibility index (Phi) is 5.71. The highest BCUT2D eigenvalue weighted by molar-refractivity contribution is 8.26. The molecule has 2 aliphatic heterocycles. The van der Waals surface area contributed by atoms with Gasteiger partial charge in [0.15, 0.2) is 0 Å². The number of rotatable bonds is 4. The van der Waals surface area contributed by atoms with Gasteiger partial charge in [0.25, 0.3) is 5.91 Å². The molecule has 0 unspecified atom stereocenters. The lowest BCUT2D eigenvalue weighted by molar-refractivity contribution is -0.134. The summed E-state index contributed by atoms with van der Waals surface area (Å²) in [5, 5.41) is 0. The van der Waals surface area contributed by atoms with Gasteiger partial charge >= 0.3 is 0 Å².